The lowest BCUT2D eigenvalue weighted by atomic mass is 10.0. The highest BCUT2D eigenvalue weighted by molar-refractivity contribution is 9.10. The summed E-state index contributed by atoms with van der Waals surface area (Å²) in [5, 5.41) is 3.02. The molecule has 0 aliphatic carbocycles. The Morgan fingerprint density at radius 1 is 1.30 bits per heavy atom. The first-order valence-corrected chi connectivity index (χ1v) is 10.2. The summed E-state index contributed by atoms with van der Waals surface area (Å²) < 4.78 is 11.7. The van der Waals surface area contributed by atoms with E-state index in [1.807, 2.05) is 19.1 Å². The van der Waals surface area contributed by atoms with Gasteiger partial charge in [-0.1, -0.05) is 41.1 Å². The predicted octanol–water partition coefficient (Wildman–Crippen LogP) is 4.84. The number of carbonyl (C=O) groups excluding carboxylic acids is 2. The molecular weight excluding hydrogens is 432 g/mol. The van der Waals surface area contributed by atoms with E-state index in [0.29, 0.717) is 21.5 Å². The van der Waals surface area contributed by atoms with Crippen LogP contribution in [-0.2, 0) is 9.53 Å². The molecule has 1 aromatic carbocycles. The highest BCUT2D eigenvalue weighted by atomic mass is 79.9. The number of nitrogens with one attached hydrogen (secondary N) is 1. The molecule has 0 fully saturated rings. The third-order valence-corrected chi connectivity index (χ3v) is 5.68. The molecule has 0 radical (unpaired) electrons. The lowest BCUT2D eigenvalue weighted by molar-refractivity contribution is -0.118. The van der Waals surface area contributed by atoms with Gasteiger partial charge in [0.15, 0.2) is 11.7 Å². The van der Waals surface area contributed by atoms with Crippen molar-refractivity contribution >= 4 is 44.3 Å². The zero-order valence-corrected chi connectivity index (χ0v) is 18.4. The molecule has 0 aliphatic heterocycles. The number of hydrogen-bond acceptors (Lipinski definition) is 6. The number of carbonyl (C=O) groups is 2. The molecule has 0 aliphatic rings. The van der Waals surface area contributed by atoms with Gasteiger partial charge >= 0.3 is 5.97 Å². The van der Waals surface area contributed by atoms with Crippen molar-refractivity contribution in [2.45, 2.75) is 40.5 Å². The van der Waals surface area contributed by atoms with Crippen LogP contribution in [0.5, 0.6) is 5.75 Å². The van der Waals surface area contributed by atoms with Gasteiger partial charge in [-0.25, -0.2) is 9.78 Å². The van der Waals surface area contributed by atoms with Crippen LogP contribution in [0.15, 0.2) is 16.6 Å². The van der Waals surface area contributed by atoms with Crippen molar-refractivity contribution in [2.75, 3.05) is 18.5 Å². The van der Waals surface area contributed by atoms with Gasteiger partial charge in [0.2, 0.25) is 0 Å². The molecule has 1 amide bonds. The molecule has 0 unspecified atom stereocenters. The van der Waals surface area contributed by atoms with Gasteiger partial charge in [0.05, 0.1) is 12.3 Å². The minimum atomic E-state index is -0.434. The van der Waals surface area contributed by atoms with Crippen LogP contribution in [-0.4, -0.2) is 30.1 Å². The third kappa shape index (κ3) is 5.52. The van der Waals surface area contributed by atoms with Crippen LogP contribution in [0.4, 0.5) is 5.13 Å². The van der Waals surface area contributed by atoms with Crippen LogP contribution >= 0.6 is 27.3 Å². The number of ether oxygens (including phenoxy) is 2. The summed E-state index contributed by atoms with van der Waals surface area (Å²) in [5.41, 5.74) is 2.58. The van der Waals surface area contributed by atoms with E-state index in [9.17, 15) is 9.59 Å². The van der Waals surface area contributed by atoms with E-state index in [0.717, 1.165) is 26.9 Å². The van der Waals surface area contributed by atoms with Crippen LogP contribution in [0.25, 0.3) is 0 Å². The Morgan fingerprint density at radius 2 is 2.00 bits per heavy atom. The zero-order chi connectivity index (χ0) is 20.1. The number of aromatic nitrogens is 1. The van der Waals surface area contributed by atoms with Gasteiger partial charge in [-0.2, -0.15) is 0 Å². The van der Waals surface area contributed by atoms with E-state index in [1.165, 1.54) is 0 Å². The quantitative estimate of drug-likeness (QED) is 0.605. The summed E-state index contributed by atoms with van der Waals surface area (Å²) in [4.78, 5) is 28.7. The monoisotopic (exact) mass is 454 g/mol. The van der Waals surface area contributed by atoms with Crippen molar-refractivity contribution in [1.29, 1.82) is 0 Å². The van der Waals surface area contributed by atoms with Crippen LogP contribution in [0, 0.1) is 13.8 Å². The fraction of sp³-hybridized carbons (Fsp3) is 0.421. The summed E-state index contributed by atoms with van der Waals surface area (Å²) in [5.74, 6) is 0.169. The van der Waals surface area contributed by atoms with Crippen LogP contribution < -0.4 is 10.1 Å². The van der Waals surface area contributed by atoms with Crippen molar-refractivity contribution < 1.29 is 19.1 Å². The average molecular weight is 455 g/mol. The van der Waals surface area contributed by atoms with E-state index >= 15 is 0 Å². The zero-order valence-electron chi connectivity index (χ0n) is 16.0. The second-order valence-electron chi connectivity index (χ2n) is 6.28. The van der Waals surface area contributed by atoms with Crippen molar-refractivity contribution in [1.82, 2.24) is 4.98 Å². The molecule has 8 heteroatoms. The average Bonchev–Trinajstić information content (AvgIpc) is 2.95. The number of amides is 1. The van der Waals surface area contributed by atoms with Crippen molar-refractivity contribution in [3.05, 3.63) is 38.3 Å². The van der Waals surface area contributed by atoms with Crippen molar-refractivity contribution in [3.63, 3.8) is 0 Å². The second-order valence-corrected chi connectivity index (χ2v) is 8.14. The lowest BCUT2D eigenvalue weighted by Gasteiger charge is -2.15. The predicted molar refractivity (Wildman–Crippen MR) is 110 cm³/mol. The molecule has 1 aromatic heterocycles. The number of nitrogens with zero attached hydrogens (tertiary/aromatic N) is 1. The normalized spacial score (nSPS) is 10.8. The topological polar surface area (TPSA) is 77.5 Å². The summed E-state index contributed by atoms with van der Waals surface area (Å²) in [7, 11) is 0. The molecule has 0 spiro atoms. The number of rotatable bonds is 7. The summed E-state index contributed by atoms with van der Waals surface area (Å²) >= 11 is 4.62. The molecule has 2 rings (SSSR count). The standard InChI is InChI=1S/C19H23BrN2O4S/c1-6-25-18(24)17-12(5)21-19(27-17)22-16(23)9-26-15-7-11(4)14(20)8-13(15)10(2)3/h7-8,10H,6,9H2,1-5H3,(H,21,22,23). The number of thiazole rings is 1. The molecule has 0 atom stereocenters. The molecule has 0 saturated heterocycles. The van der Waals surface area contributed by atoms with Gasteiger partial charge in [0.25, 0.3) is 5.91 Å². The summed E-state index contributed by atoms with van der Waals surface area (Å²) in [6.07, 6.45) is 0. The van der Waals surface area contributed by atoms with E-state index in [4.69, 9.17) is 9.47 Å². The Bertz CT molecular complexity index is 848. The number of halogens is 1. The number of anilines is 1. The van der Waals surface area contributed by atoms with Crippen molar-refractivity contribution in [3.8, 4) is 5.75 Å². The lowest BCUT2D eigenvalue weighted by Crippen LogP contribution is -2.20. The van der Waals surface area contributed by atoms with Gasteiger partial charge < -0.3 is 9.47 Å². The Labute approximate surface area is 171 Å². The Morgan fingerprint density at radius 3 is 2.63 bits per heavy atom. The maximum absolute atomic E-state index is 12.2. The van der Waals surface area contributed by atoms with Crippen LogP contribution in [0.1, 0.15) is 53.2 Å². The Hall–Kier alpha value is -1.93. The minimum Gasteiger partial charge on any atom is -0.483 e. The first-order chi connectivity index (χ1) is 12.7. The second kappa shape index (κ2) is 9.32. The fourth-order valence-corrected chi connectivity index (χ4v) is 3.62. The van der Waals surface area contributed by atoms with Gasteiger partial charge in [0.1, 0.15) is 10.6 Å². The third-order valence-electron chi connectivity index (χ3n) is 3.78. The first-order valence-electron chi connectivity index (χ1n) is 8.60. The Balaban J connectivity index is 2.04. The smallest absolute Gasteiger partial charge is 0.350 e. The molecular formula is C19H23BrN2O4S. The number of benzene rings is 1. The molecule has 1 N–H and O–H groups in total. The molecule has 27 heavy (non-hydrogen) atoms. The first kappa shape index (κ1) is 21.4. The highest BCUT2D eigenvalue weighted by Crippen LogP contribution is 2.32. The SMILES string of the molecule is CCOC(=O)c1sc(NC(=O)COc2cc(C)c(Br)cc2C(C)C)nc1C. The van der Waals surface area contributed by atoms with Crippen LogP contribution in [0.2, 0.25) is 0 Å². The number of aryl methyl sites for hydroxylation is 2. The molecule has 6 nitrogen and oxygen atoms in total. The minimum absolute atomic E-state index is 0.145. The molecule has 2 aromatic rings. The number of hydrogen-bond donors (Lipinski definition) is 1. The Kier molecular flexibility index (Phi) is 7.38. The van der Waals surface area contributed by atoms with E-state index in [2.05, 4.69) is 40.1 Å². The van der Waals surface area contributed by atoms with Gasteiger partial charge in [0, 0.05) is 4.47 Å². The van der Waals surface area contributed by atoms with E-state index < -0.39 is 5.97 Å². The largest absolute Gasteiger partial charge is 0.483 e. The summed E-state index contributed by atoms with van der Waals surface area (Å²) in [6, 6.07) is 3.93. The molecule has 0 bridgehead atoms. The number of esters is 1. The fourth-order valence-electron chi connectivity index (χ4n) is 2.38. The highest BCUT2D eigenvalue weighted by Gasteiger charge is 2.18. The van der Waals surface area contributed by atoms with E-state index in [1.54, 1.807) is 13.8 Å². The van der Waals surface area contributed by atoms with Crippen molar-refractivity contribution in [2.24, 2.45) is 0 Å². The maximum Gasteiger partial charge on any atom is 0.350 e. The van der Waals surface area contributed by atoms with Gasteiger partial charge in [-0.15, -0.1) is 0 Å². The summed E-state index contributed by atoms with van der Waals surface area (Å²) in [6.45, 7) is 9.69. The van der Waals surface area contributed by atoms with Gasteiger partial charge in [-0.3, -0.25) is 10.1 Å². The van der Waals surface area contributed by atoms with Gasteiger partial charge in [-0.05, 0) is 49.9 Å². The van der Waals surface area contributed by atoms with Crippen LogP contribution in [0.3, 0.4) is 0 Å². The molecule has 146 valence electrons. The van der Waals surface area contributed by atoms with E-state index in [-0.39, 0.29) is 25.0 Å². The maximum atomic E-state index is 12.2. The molecule has 0 saturated carbocycles. The molecule has 1 heterocycles.